The van der Waals surface area contributed by atoms with Crippen LogP contribution < -0.4 is 4.72 Å². The molecule has 0 aromatic carbocycles. The highest BCUT2D eigenvalue weighted by Crippen LogP contribution is 2.15. The van der Waals surface area contributed by atoms with E-state index in [1.54, 1.807) is 0 Å². The van der Waals surface area contributed by atoms with Crippen molar-refractivity contribution in [3.05, 3.63) is 29.7 Å². The molecule has 0 fully saturated rings. The molecule has 2 aromatic heterocycles. The predicted octanol–water partition coefficient (Wildman–Crippen LogP) is 1.19. The summed E-state index contributed by atoms with van der Waals surface area (Å²) in [6, 6.07) is 3.51. The molecule has 1 aliphatic heterocycles. The summed E-state index contributed by atoms with van der Waals surface area (Å²) < 4.78 is 31.0. The number of nitrogens with one attached hydrogen (secondary N) is 1. The number of hydrogen-bond donors (Lipinski definition) is 1. The molecule has 0 saturated carbocycles. The second-order valence-corrected chi connectivity index (χ2v) is 8.00. The average Bonchev–Trinajstić information content (AvgIpc) is 3.24. The summed E-state index contributed by atoms with van der Waals surface area (Å²) in [6.45, 7) is 8.58. The van der Waals surface area contributed by atoms with E-state index in [1.165, 1.54) is 29.8 Å². The quantitative estimate of drug-likeness (QED) is 0.759. The van der Waals surface area contributed by atoms with Crippen molar-refractivity contribution in [3.63, 3.8) is 0 Å². The van der Waals surface area contributed by atoms with Crippen LogP contribution in [-0.4, -0.2) is 46.0 Å². The van der Waals surface area contributed by atoms with E-state index >= 15 is 0 Å². The van der Waals surface area contributed by atoms with Gasteiger partial charge in [-0.1, -0.05) is 13.3 Å². The van der Waals surface area contributed by atoms with Gasteiger partial charge in [0.1, 0.15) is 0 Å². The number of aryl methyl sites for hydroxylation is 1. The van der Waals surface area contributed by atoms with Gasteiger partial charge < -0.3 is 0 Å². The van der Waals surface area contributed by atoms with Crippen LogP contribution in [0.4, 0.5) is 0 Å². The summed E-state index contributed by atoms with van der Waals surface area (Å²) in [4.78, 5) is 2.42. The van der Waals surface area contributed by atoms with Gasteiger partial charge in [-0.3, -0.25) is 14.3 Å². The monoisotopic (exact) mass is 366 g/mol. The van der Waals surface area contributed by atoms with E-state index in [9.17, 15) is 8.42 Å². The number of hydrogen-bond acceptors (Lipinski definition) is 5. The van der Waals surface area contributed by atoms with Crippen LogP contribution in [0.1, 0.15) is 38.1 Å². The number of nitrogens with zero attached hydrogens (tertiary/aromatic N) is 5. The Labute approximate surface area is 148 Å². The molecule has 0 atom stereocenters. The lowest BCUT2D eigenvalue weighted by Crippen LogP contribution is -2.34. The second-order valence-electron chi connectivity index (χ2n) is 6.29. The molecule has 1 aliphatic rings. The van der Waals surface area contributed by atoms with Gasteiger partial charge in [0.25, 0.3) is 10.0 Å². The number of rotatable bonds is 8. The molecular formula is C16H26N6O2S. The maximum Gasteiger partial charge on any atom is 0.258 e. The van der Waals surface area contributed by atoms with Gasteiger partial charge in [-0.05, 0) is 32.0 Å². The lowest BCUT2D eigenvalue weighted by Gasteiger charge is -2.27. The van der Waals surface area contributed by atoms with Gasteiger partial charge in [0.2, 0.25) is 0 Å². The topological polar surface area (TPSA) is 85.1 Å². The van der Waals surface area contributed by atoms with E-state index in [0.29, 0.717) is 6.54 Å². The summed E-state index contributed by atoms with van der Waals surface area (Å²) in [6.07, 6.45) is 3.89. The normalized spacial score (nSPS) is 15.4. The number of sulfonamides is 1. The molecule has 0 radical (unpaired) electrons. The van der Waals surface area contributed by atoms with Crippen LogP contribution in [0.2, 0.25) is 0 Å². The zero-order valence-corrected chi connectivity index (χ0v) is 15.7. The molecule has 0 aliphatic carbocycles. The summed E-state index contributed by atoms with van der Waals surface area (Å²) >= 11 is 0. The van der Waals surface area contributed by atoms with Gasteiger partial charge in [-0.2, -0.15) is 10.2 Å². The highest BCUT2D eigenvalue weighted by Gasteiger charge is 2.21. The Balaban J connectivity index is 1.64. The molecule has 3 heterocycles. The third-order valence-corrected chi connectivity index (χ3v) is 5.87. The van der Waals surface area contributed by atoms with E-state index < -0.39 is 10.0 Å². The average molecular weight is 366 g/mol. The SMILES string of the molecule is CCCCN1CCn2nc(CNS(=O)(=O)c3ccnn3CC)cc2C1. The van der Waals surface area contributed by atoms with Crippen molar-refractivity contribution in [2.24, 2.45) is 0 Å². The van der Waals surface area contributed by atoms with Crippen LogP contribution in [0, 0.1) is 0 Å². The van der Waals surface area contributed by atoms with Crippen LogP contribution in [0.25, 0.3) is 0 Å². The van der Waals surface area contributed by atoms with Gasteiger partial charge >= 0.3 is 0 Å². The van der Waals surface area contributed by atoms with Crippen molar-refractivity contribution in [1.29, 1.82) is 0 Å². The Morgan fingerprint density at radius 2 is 2.12 bits per heavy atom. The minimum atomic E-state index is -3.59. The Morgan fingerprint density at radius 1 is 1.28 bits per heavy atom. The van der Waals surface area contributed by atoms with Gasteiger partial charge in [-0.15, -0.1) is 0 Å². The Hall–Kier alpha value is -1.71. The zero-order valence-electron chi connectivity index (χ0n) is 14.8. The first-order valence-electron chi connectivity index (χ1n) is 8.83. The van der Waals surface area contributed by atoms with Crippen LogP contribution in [0.5, 0.6) is 0 Å². The van der Waals surface area contributed by atoms with Crippen LogP contribution in [-0.2, 0) is 36.2 Å². The van der Waals surface area contributed by atoms with Crippen molar-refractivity contribution in [3.8, 4) is 0 Å². The highest BCUT2D eigenvalue weighted by atomic mass is 32.2. The van der Waals surface area contributed by atoms with E-state index in [0.717, 1.165) is 37.6 Å². The fourth-order valence-corrected chi connectivity index (χ4v) is 4.25. The van der Waals surface area contributed by atoms with Crippen molar-refractivity contribution >= 4 is 10.0 Å². The lowest BCUT2D eigenvalue weighted by molar-refractivity contribution is 0.210. The highest BCUT2D eigenvalue weighted by molar-refractivity contribution is 7.89. The van der Waals surface area contributed by atoms with Crippen molar-refractivity contribution in [1.82, 2.24) is 29.2 Å². The summed E-state index contributed by atoms with van der Waals surface area (Å²) in [5.74, 6) is 0. The second kappa shape index (κ2) is 7.67. The fourth-order valence-electron chi connectivity index (χ4n) is 3.07. The lowest BCUT2D eigenvalue weighted by atomic mass is 10.2. The molecule has 25 heavy (non-hydrogen) atoms. The molecule has 0 bridgehead atoms. The van der Waals surface area contributed by atoms with Crippen LogP contribution in [0.15, 0.2) is 23.4 Å². The van der Waals surface area contributed by atoms with E-state index in [4.69, 9.17) is 0 Å². The summed E-state index contributed by atoms with van der Waals surface area (Å²) in [7, 11) is -3.59. The third kappa shape index (κ3) is 4.10. The molecule has 9 heteroatoms. The molecule has 1 N–H and O–H groups in total. The Kier molecular flexibility index (Phi) is 5.55. The molecule has 0 saturated heterocycles. The molecule has 3 rings (SSSR count). The number of unbranched alkanes of at least 4 members (excludes halogenated alkanes) is 1. The van der Waals surface area contributed by atoms with Gasteiger partial charge in [0, 0.05) is 19.6 Å². The third-order valence-electron chi connectivity index (χ3n) is 4.45. The maximum atomic E-state index is 12.4. The van der Waals surface area contributed by atoms with Crippen molar-refractivity contribution in [2.75, 3.05) is 13.1 Å². The number of aromatic nitrogens is 4. The molecule has 0 amide bonds. The Morgan fingerprint density at radius 3 is 2.88 bits per heavy atom. The van der Waals surface area contributed by atoms with Crippen LogP contribution >= 0.6 is 0 Å². The van der Waals surface area contributed by atoms with E-state index in [-0.39, 0.29) is 11.6 Å². The zero-order chi connectivity index (χ0) is 17.9. The van der Waals surface area contributed by atoms with Gasteiger partial charge in [0.05, 0.1) is 30.7 Å². The minimum absolute atomic E-state index is 0.185. The molecule has 8 nitrogen and oxygen atoms in total. The predicted molar refractivity (Wildman–Crippen MR) is 94.3 cm³/mol. The molecule has 0 unspecified atom stereocenters. The minimum Gasteiger partial charge on any atom is -0.296 e. The number of fused-ring (bicyclic) bond motifs is 1. The van der Waals surface area contributed by atoms with Gasteiger partial charge in [0.15, 0.2) is 5.03 Å². The standard InChI is InChI=1S/C16H26N6O2S/c1-3-5-8-20-9-10-22-15(13-20)11-14(19-22)12-18-25(23,24)16-6-7-17-21(16)4-2/h6-7,11,18H,3-5,8-10,12-13H2,1-2H3. The smallest absolute Gasteiger partial charge is 0.258 e. The van der Waals surface area contributed by atoms with E-state index in [2.05, 4.69) is 26.7 Å². The first-order chi connectivity index (χ1) is 12.0. The summed E-state index contributed by atoms with van der Waals surface area (Å²) in [5, 5.41) is 8.73. The fraction of sp³-hybridized carbons (Fsp3) is 0.625. The van der Waals surface area contributed by atoms with Crippen molar-refractivity contribution in [2.45, 2.75) is 57.9 Å². The first kappa shape index (κ1) is 18.1. The maximum absolute atomic E-state index is 12.4. The Bertz CT molecular complexity index is 810. The van der Waals surface area contributed by atoms with Gasteiger partial charge in [-0.25, -0.2) is 13.1 Å². The molecule has 0 spiro atoms. The first-order valence-corrected chi connectivity index (χ1v) is 10.3. The molecule has 138 valence electrons. The molecule has 2 aromatic rings. The largest absolute Gasteiger partial charge is 0.296 e. The van der Waals surface area contributed by atoms with E-state index in [1.807, 2.05) is 17.7 Å². The summed E-state index contributed by atoms with van der Waals surface area (Å²) in [5.41, 5.74) is 1.90. The van der Waals surface area contributed by atoms with Crippen molar-refractivity contribution < 1.29 is 8.42 Å². The van der Waals surface area contributed by atoms with Crippen LogP contribution in [0.3, 0.4) is 0 Å². The molecular weight excluding hydrogens is 340 g/mol.